The Labute approximate surface area is 126 Å². The summed E-state index contributed by atoms with van der Waals surface area (Å²) in [4.78, 5) is 19.6. The maximum absolute atomic E-state index is 11.8. The highest BCUT2D eigenvalue weighted by Gasteiger charge is 2.08. The summed E-state index contributed by atoms with van der Waals surface area (Å²) in [6.07, 6.45) is 1.81. The lowest BCUT2D eigenvalue weighted by Gasteiger charge is -2.02. The van der Waals surface area contributed by atoms with E-state index in [1.54, 1.807) is 0 Å². The Kier molecular flexibility index (Phi) is 3.82. The Morgan fingerprint density at radius 1 is 1.36 bits per heavy atom. The summed E-state index contributed by atoms with van der Waals surface area (Å²) in [6.45, 7) is 4.94. The molecule has 22 heavy (non-hydrogen) atoms. The van der Waals surface area contributed by atoms with Crippen LogP contribution in [-0.4, -0.2) is 36.1 Å². The van der Waals surface area contributed by atoms with Crippen molar-refractivity contribution in [1.29, 1.82) is 0 Å². The van der Waals surface area contributed by atoms with Crippen LogP contribution in [0.15, 0.2) is 18.5 Å². The van der Waals surface area contributed by atoms with Crippen LogP contribution in [0.1, 0.15) is 23.4 Å². The van der Waals surface area contributed by atoms with Gasteiger partial charge < -0.3 is 10.3 Å². The van der Waals surface area contributed by atoms with Gasteiger partial charge in [-0.05, 0) is 41.5 Å². The van der Waals surface area contributed by atoms with Gasteiger partial charge in [0.15, 0.2) is 0 Å². The number of H-pyrrole nitrogens is 1. The molecule has 8 heteroatoms. The van der Waals surface area contributed by atoms with Gasteiger partial charge in [-0.2, -0.15) is 0 Å². The first-order valence-corrected chi connectivity index (χ1v) is 7.06. The van der Waals surface area contributed by atoms with Gasteiger partial charge in [0.1, 0.15) is 12.2 Å². The number of aromatic amines is 1. The number of hydrogen-bond acceptors (Lipinski definition) is 5. The number of imidazole rings is 1. The second kappa shape index (κ2) is 5.92. The third-order valence-corrected chi connectivity index (χ3v) is 3.64. The van der Waals surface area contributed by atoms with Gasteiger partial charge >= 0.3 is 0 Å². The molecule has 0 aliphatic heterocycles. The normalized spacial score (nSPS) is 11.0. The van der Waals surface area contributed by atoms with E-state index in [0.717, 1.165) is 22.4 Å². The molecular formula is C14H17N7O. The van der Waals surface area contributed by atoms with Crippen LogP contribution < -0.4 is 5.32 Å². The van der Waals surface area contributed by atoms with Crippen LogP contribution in [0.5, 0.6) is 0 Å². The lowest BCUT2D eigenvalue weighted by Crippen LogP contribution is -2.24. The summed E-state index contributed by atoms with van der Waals surface area (Å²) in [7, 11) is 0. The van der Waals surface area contributed by atoms with Crippen molar-refractivity contribution in [1.82, 2.24) is 35.5 Å². The lowest BCUT2D eigenvalue weighted by atomic mass is 10.1. The highest BCUT2D eigenvalue weighted by molar-refractivity contribution is 5.80. The number of tetrazole rings is 1. The van der Waals surface area contributed by atoms with Crippen molar-refractivity contribution in [3.8, 4) is 0 Å². The van der Waals surface area contributed by atoms with Gasteiger partial charge in [0.2, 0.25) is 5.91 Å². The first-order chi connectivity index (χ1) is 10.6. The Morgan fingerprint density at radius 2 is 2.23 bits per heavy atom. The van der Waals surface area contributed by atoms with Crippen LogP contribution in [0.25, 0.3) is 11.0 Å². The Morgan fingerprint density at radius 3 is 3.00 bits per heavy atom. The first kappa shape index (κ1) is 14.2. The van der Waals surface area contributed by atoms with E-state index in [1.807, 2.05) is 13.0 Å². The fraction of sp³-hybridized carbons (Fsp3) is 0.357. The number of aromatic nitrogens is 6. The van der Waals surface area contributed by atoms with Gasteiger partial charge in [0.25, 0.3) is 0 Å². The Balaban J connectivity index is 1.59. The van der Waals surface area contributed by atoms with E-state index in [4.69, 9.17) is 0 Å². The van der Waals surface area contributed by atoms with E-state index in [2.05, 4.69) is 43.8 Å². The number of nitrogens with zero attached hydrogens (tertiary/aromatic N) is 5. The van der Waals surface area contributed by atoms with E-state index >= 15 is 0 Å². The number of amides is 1. The molecule has 0 saturated carbocycles. The fourth-order valence-electron chi connectivity index (χ4n) is 2.22. The molecule has 0 unspecified atom stereocenters. The lowest BCUT2D eigenvalue weighted by molar-refractivity contribution is -0.121. The molecule has 3 rings (SSSR count). The molecule has 1 aromatic carbocycles. The second-order valence-electron chi connectivity index (χ2n) is 5.19. The number of hydrogen-bond donors (Lipinski definition) is 2. The van der Waals surface area contributed by atoms with Gasteiger partial charge in [-0.3, -0.25) is 4.79 Å². The third kappa shape index (κ3) is 2.95. The summed E-state index contributed by atoms with van der Waals surface area (Å²) >= 11 is 0. The van der Waals surface area contributed by atoms with Crippen molar-refractivity contribution < 1.29 is 4.79 Å². The molecule has 2 aromatic heterocycles. The highest BCUT2D eigenvalue weighted by atomic mass is 16.1. The van der Waals surface area contributed by atoms with Gasteiger partial charge in [-0.15, -0.1) is 5.10 Å². The fourth-order valence-corrected chi connectivity index (χ4v) is 2.22. The van der Waals surface area contributed by atoms with Crippen molar-refractivity contribution in [3.05, 3.63) is 35.4 Å². The number of carbonyl (C=O) groups is 1. The zero-order valence-corrected chi connectivity index (χ0v) is 12.5. The number of aryl methyl sites for hydroxylation is 3. The van der Waals surface area contributed by atoms with Gasteiger partial charge in [0.05, 0.1) is 24.1 Å². The minimum absolute atomic E-state index is 0.0659. The maximum atomic E-state index is 11.8. The van der Waals surface area contributed by atoms with E-state index < -0.39 is 0 Å². The second-order valence-corrected chi connectivity index (χ2v) is 5.19. The quantitative estimate of drug-likeness (QED) is 0.728. The molecular weight excluding hydrogens is 282 g/mol. The van der Waals surface area contributed by atoms with Crippen molar-refractivity contribution in [3.63, 3.8) is 0 Å². The summed E-state index contributed by atoms with van der Waals surface area (Å²) in [5, 5.41) is 13.6. The third-order valence-electron chi connectivity index (χ3n) is 3.64. The minimum Gasteiger partial charge on any atom is -0.349 e. The molecule has 114 valence electrons. The van der Waals surface area contributed by atoms with Crippen molar-refractivity contribution in [2.45, 2.75) is 33.4 Å². The maximum Gasteiger partial charge on any atom is 0.222 e. The molecule has 0 atom stereocenters. The predicted octanol–water partition coefficient (Wildman–Crippen LogP) is 0.873. The van der Waals surface area contributed by atoms with Crippen LogP contribution in [0.3, 0.4) is 0 Å². The monoisotopic (exact) mass is 299 g/mol. The number of benzene rings is 1. The van der Waals surface area contributed by atoms with Crippen molar-refractivity contribution in [2.24, 2.45) is 0 Å². The largest absolute Gasteiger partial charge is 0.349 e. The Hall–Kier alpha value is -2.77. The molecule has 0 saturated heterocycles. The predicted molar refractivity (Wildman–Crippen MR) is 79.8 cm³/mol. The summed E-state index contributed by atoms with van der Waals surface area (Å²) in [6, 6.07) is 4.07. The van der Waals surface area contributed by atoms with Crippen LogP contribution in [0.4, 0.5) is 0 Å². The standard InChI is InChI=1S/C14H17N7O/c1-9-3-4-11-14(10(9)2)18-12(17-11)7-15-13(22)5-6-21-8-16-19-20-21/h3-4,8H,5-7H2,1-2H3,(H,15,22)(H,17,18). The molecule has 3 aromatic rings. The van der Waals surface area contributed by atoms with Gasteiger partial charge in [-0.1, -0.05) is 6.07 Å². The highest BCUT2D eigenvalue weighted by Crippen LogP contribution is 2.19. The molecule has 2 N–H and O–H groups in total. The van der Waals surface area contributed by atoms with Crippen LogP contribution in [0, 0.1) is 13.8 Å². The summed E-state index contributed by atoms with van der Waals surface area (Å²) in [5.74, 6) is 0.684. The van der Waals surface area contributed by atoms with Gasteiger partial charge in [0, 0.05) is 6.42 Å². The SMILES string of the molecule is Cc1ccc2[nH]c(CNC(=O)CCn3cnnn3)nc2c1C. The van der Waals surface area contributed by atoms with E-state index in [1.165, 1.54) is 16.6 Å². The average molecular weight is 299 g/mol. The smallest absolute Gasteiger partial charge is 0.222 e. The molecule has 0 radical (unpaired) electrons. The zero-order valence-electron chi connectivity index (χ0n) is 12.5. The van der Waals surface area contributed by atoms with Crippen molar-refractivity contribution >= 4 is 16.9 Å². The van der Waals surface area contributed by atoms with Crippen LogP contribution in [-0.2, 0) is 17.9 Å². The molecule has 0 aliphatic rings. The Bertz CT molecular complexity index is 791. The molecule has 0 fully saturated rings. The minimum atomic E-state index is -0.0659. The average Bonchev–Trinajstić information content (AvgIpc) is 3.16. The number of fused-ring (bicyclic) bond motifs is 1. The number of carbonyl (C=O) groups excluding carboxylic acids is 1. The van der Waals surface area contributed by atoms with E-state index in [9.17, 15) is 4.79 Å². The number of nitrogens with one attached hydrogen (secondary N) is 2. The molecule has 0 aliphatic carbocycles. The topological polar surface area (TPSA) is 101 Å². The van der Waals surface area contributed by atoms with E-state index in [0.29, 0.717) is 19.5 Å². The summed E-state index contributed by atoms with van der Waals surface area (Å²) < 4.78 is 1.52. The molecule has 0 spiro atoms. The zero-order chi connectivity index (χ0) is 15.5. The first-order valence-electron chi connectivity index (χ1n) is 7.06. The van der Waals surface area contributed by atoms with Crippen LogP contribution in [0.2, 0.25) is 0 Å². The van der Waals surface area contributed by atoms with Gasteiger partial charge in [-0.25, -0.2) is 9.67 Å². The molecule has 8 nitrogen and oxygen atoms in total. The molecule has 2 heterocycles. The summed E-state index contributed by atoms with van der Waals surface area (Å²) in [5.41, 5.74) is 4.31. The van der Waals surface area contributed by atoms with Crippen molar-refractivity contribution in [2.75, 3.05) is 0 Å². The molecule has 1 amide bonds. The molecule has 0 bridgehead atoms. The van der Waals surface area contributed by atoms with E-state index in [-0.39, 0.29) is 5.91 Å². The number of rotatable bonds is 5. The van der Waals surface area contributed by atoms with Crippen LogP contribution >= 0.6 is 0 Å².